The average molecular weight is 317 g/mol. The Morgan fingerprint density at radius 2 is 1.92 bits per heavy atom. The summed E-state index contributed by atoms with van der Waals surface area (Å²) in [4.78, 5) is 8.85. The van der Waals surface area contributed by atoms with Crippen molar-refractivity contribution in [3.8, 4) is 0 Å². The van der Waals surface area contributed by atoms with E-state index in [1.54, 1.807) is 6.21 Å². The van der Waals surface area contributed by atoms with E-state index in [0.29, 0.717) is 5.95 Å². The van der Waals surface area contributed by atoms with Gasteiger partial charge in [-0.1, -0.05) is 24.3 Å². The predicted molar refractivity (Wildman–Crippen MR) is 94.0 cm³/mol. The maximum Gasteiger partial charge on any atom is 0.265 e. The SMILES string of the molecule is Cc1cccc(C=NNc2nnc3c4ccccc4n(C)c3n2)n1. The van der Waals surface area contributed by atoms with E-state index in [2.05, 4.69) is 30.7 Å². The molecule has 1 N–H and O–H groups in total. The monoisotopic (exact) mass is 317 g/mol. The van der Waals surface area contributed by atoms with Gasteiger partial charge in [-0.25, -0.2) is 5.43 Å². The molecule has 0 bridgehead atoms. The lowest BCUT2D eigenvalue weighted by Crippen LogP contribution is -2.01. The number of aromatic nitrogens is 5. The van der Waals surface area contributed by atoms with Crippen LogP contribution in [0.2, 0.25) is 0 Å². The number of hydrogen-bond acceptors (Lipinski definition) is 6. The third-order valence-corrected chi connectivity index (χ3v) is 3.78. The van der Waals surface area contributed by atoms with Crippen LogP contribution in [-0.2, 0) is 7.05 Å². The van der Waals surface area contributed by atoms with E-state index in [0.717, 1.165) is 33.5 Å². The zero-order chi connectivity index (χ0) is 16.5. The van der Waals surface area contributed by atoms with E-state index in [4.69, 9.17) is 0 Å². The molecule has 0 saturated carbocycles. The number of nitrogens with one attached hydrogen (secondary N) is 1. The van der Waals surface area contributed by atoms with Gasteiger partial charge in [-0.3, -0.25) is 4.98 Å². The molecule has 0 aliphatic heterocycles. The van der Waals surface area contributed by atoms with Crippen LogP contribution in [0.4, 0.5) is 5.95 Å². The highest BCUT2D eigenvalue weighted by atomic mass is 15.4. The number of pyridine rings is 1. The summed E-state index contributed by atoms with van der Waals surface area (Å²) in [5.41, 5.74) is 7.12. The second kappa shape index (κ2) is 5.69. The summed E-state index contributed by atoms with van der Waals surface area (Å²) in [7, 11) is 1.96. The second-order valence-electron chi connectivity index (χ2n) is 5.46. The Labute approximate surface area is 138 Å². The number of hydrazone groups is 1. The van der Waals surface area contributed by atoms with Crippen LogP contribution in [-0.4, -0.2) is 30.9 Å². The molecule has 0 unspecified atom stereocenters. The van der Waals surface area contributed by atoms with Gasteiger partial charge in [0, 0.05) is 18.1 Å². The van der Waals surface area contributed by atoms with Crippen molar-refractivity contribution >= 4 is 34.2 Å². The first-order valence-corrected chi connectivity index (χ1v) is 7.53. The van der Waals surface area contributed by atoms with E-state index in [-0.39, 0.29) is 0 Å². The van der Waals surface area contributed by atoms with Gasteiger partial charge in [0.1, 0.15) is 5.52 Å². The second-order valence-corrected chi connectivity index (χ2v) is 5.46. The van der Waals surface area contributed by atoms with Crippen molar-refractivity contribution in [2.75, 3.05) is 5.43 Å². The van der Waals surface area contributed by atoms with Gasteiger partial charge in [-0.05, 0) is 25.1 Å². The molecule has 4 rings (SSSR count). The van der Waals surface area contributed by atoms with Crippen LogP contribution in [0, 0.1) is 6.92 Å². The van der Waals surface area contributed by atoms with E-state index in [1.807, 2.05) is 61.0 Å². The van der Waals surface area contributed by atoms with Crippen molar-refractivity contribution in [2.24, 2.45) is 12.1 Å². The van der Waals surface area contributed by atoms with Gasteiger partial charge in [0.15, 0.2) is 5.65 Å². The molecule has 7 heteroatoms. The molecule has 4 aromatic rings. The van der Waals surface area contributed by atoms with Crippen LogP contribution < -0.4 is 5.43 Å². The van der Waals surface area contributed by atoms with Crippen molar-refractivity contribution in [3.05, 3.63) is 53.9 Å². The Morgan fingerprint density at radius 1 is 1.04 bits per heavy atom. The summed E-state index contributed by atoms with van der Waals surface area (Å²) < 4.78 is 2.00. The fourth-order valence-electron chi connectivity index (χ4n) is 2.65. The Morgan fingerprint density at radius 3 is 2.79 bits per heavy atom. The van der Waals surface area contributed by atoms with Crippen LogP contribution in [0.15, 0.2) is 47.6 Å². The molecule has 1 aromatic carbocycles. The molecule has 0 fully saturated rings. The van der Waals surface area contributed by atoms with Crippen LogP contribution in [0.3, 0.4) is 0 Å². The lowest BCUT2D eigenvalue weighted by atomic mass is 10.2. The molecule has 118 valence electrons. The standard InChI is InChI=1S/C17H15N7/c1-11-6-5-7-12(19-11)10-18-22-17-20-16-15(21-23-17)13-8-3-4-9-14(13)24(16)2/h3-10H,1-2H3,(H,20,22,23). The lowest BCUT2D eigenvalue weighted by Gasteiger charge is -1.99. The molecule has 24 heavy (non-hydrogen) atoms. The highest BCUT2D eigenvalue weighted by Crippen LogP contribution is 2.24. The van der Waals surface area contributed by atoms with Crippen molar-refractivity contribution in [1.82, 2.24) is 24.7 Å². The highest BCUT2D eigenvalue weighted by Gasteiger charge is 2.11. The van der Waals surface area contributed by atoms with Gasteiger partial charge < -0.3 is 4.57 Å². The molecule has 0 atom stereocenters. The summed E-state index contributed by atoms with van der Waals surface area (Å²) in [5.74, 6) is 0.345. The molecule has 0 radical (unpaired) electrons. The normalized spacial score (nSPS) is 11.6. The van der Waals surface area contributed by atoms with Gasteiger partial charge in [0.05, 0.1) is 17.4 Å². The van der Waals surface area contributed by atoms with Crippen molar-refractivity contribution in [2.45, 2.75) is 6.92 Å². The molecule has 0 spiro atoms. The minimum atomic E-state index is 0.345. The Hall–Kier alpha value is -3.35. The topological polar surface area (TPSA) is 80.9 Å². The van der Waals surface area contributed by atoms with Gasteiger partial charge in [-0.15, -0.1) is 10.2 Å². The van der Waals surface area contributed by atoms with E-state index in [1.165, 1.54) is 0 Å². The third-order valence-electron chi connectivity index (χ3n) is 3.78. The zero-order valence-corrected chi connectivity index (χ0v) is 13.3. The van der Waals surface area contributed by atoms with Crippen molar-refractivity contribution in [1.29, 1.82) is 0 Å². The van der Waals surface area contributed by atoms with Crippen LogP contribution in [0.1, 0.15) is 11.4 Å². The molecular weight excluding hydrogens is 302 g/mol. The van der Waals surface area contributed by atoms with Crippen molar-refractivity contribution in [3.63, 3.8) is 0 Å². The van der Waals surface area contributed by atoms with Crippen LogP contribution >= 0.6 is 0 Å². The summed E-state index contributed by atoms with van der Waals surface area (Å²) in [6, 6.07) is 13.8. The minimum Gasteiger partial charge on any atom is -0.327 e. The lowest BCUT2D eigenvalue weighted by molar-refractivity contribution is 0.949. The number of rotatable bonds is 3. The van der Waals surface area contributed by atoms with E-state index in [9.17, 15) is 0 Å². The summed E-state index contributed by atoms with van der Waals surface area (Å²) in [6.07, 6.45) is 1.63. The minimum absolute atomic E-state index is 0.345. The number of nitrogens with zero attached hydrogens (tertiary/aromatic N) is 6. The van der Waals surface area contributed by atoms with Gasteiger partial charge in [0.2, 0.25) is 0 Å². The molecule has 3 heterocycles. The number of benzene rings is 1. The Kier molecular flexibility index (Phi) is 3.38. The third kappa shape index (κ3) is 2.45. The van der Waals surface area contributed by atoms with E-state index < -0.39 is 0 Å². The maximum atomic E-state index is 4.50. The number of aryl methyl sites for hydroxylation is 2. The average Bonchev–Trinajstić information content (AvgIpc) is 2.88. The summed E-state index contributed by atoms with van der Waals surface area (Å²) >= 11 is 0. The predicted octanol–water partition coefficient (Wildman–Crippen LogP) is 2.67. The van der Waals surface area contributed by atoms with Gasteiger partial charge in [-0.2, -0.15) is 10.1 Å². The molecule has 0 saturated heterocycles. The molecule has 0 amide bonds. The first-order valence-electron chi connectivity index (χ1n) is 7.53. The Balaban J connectivity index is 1.66. The molecule has 0 aliphatic carbocycles. The Bertz CT molecular complexity index is 1070. The fraction of sp³-hybridized carbons (Fsp3) is 0.118. The number of anilines is 1. The zero-order valence-electron chi connectivity index (χ0n) is 13.3. The first kappa shape index (κ1) is 14.3. The fourth-order valence-corrected chi connectivity index (χ4v) is 2.65. The van der Waals surface area contributed by atoms with Gasteiger partial charge >= 0.3 is 0 Å². The number of para-hydroxylation sites is 1. The molecular formula is C17H15N7. The molecule has 7 nitrogen and oxygen atoms in total. The first-order chi connectivity index (χ1) is 11.7. The maximum absolute atomic E-state index is 4.50. The summed E-state index contributed by atoms with van der Waals surface area (Å²) in [6.45, 7) is 1.94. The van der Waals surface area contributed by atoms with Crippen molar-refractivity contribution < 1.29 is 0 Å². The number of hydrogen-bond donors (Lipinski definition) is 1. The van der Waals surface area contributed by atoms with Crippen LogP contribution in [0.25, 0.3) is 22.1 Å². The summed E-state index contributed by atoms with van der Waals surface area (Å²) in [5, 5.41) is 13.6. The number of fused-ring (bicyclic) bond motifs is 3. The largest absolute Gasteiger partial charge is 0.327 e. The van der Waals surface area contributed by atoms with Crippen LogP contribution in [0.5, 0.6) is 0 Å². The molecule has 3 aromatic heterocycles. The van der Waals surface area contributed by atoms with Gasteiger partial charge in [0.25, 0.3) is 5.95 Å². The molecule has 0 aliphatic rings. The highest BCUT2D eigenvalue weighted by molar-refractivity contribution is 6.04. The smallest absolute Gasteiger partial charge is 0.265 e. The quantitative estimate of drug-likeness (QED) is 0.464. The van der Waals surface area contributed by atoms with E-state index >= 15 is 0 Å².